The van der Waals surface area contributed by atoms with Crippen LogP contribution in [0.4, 0.5) is 10.1 Å². The number of para-hydroxylation sites is 1. The number of benzene rings is 1. The number of carbonyl (C=O) groups is 1. The molecule has 21 heavy (non-hydrogen) atoms. The minimum absolute atomic E-state index is 0.243. The molecule has 118 valence electrons. The van der Waals surface area contributed by atoms with Crippen molar-refractivity contribution in [2.75, 3.05) is 31.6 Å². The molecule has 1 unspecified atom stereocenters. The number of hydrogen-bond acceptors (Lipinski definition) is 4. The van der Waals surface area contributed by atoms with Crippen LogP contribution in [0.1, 0.15) is 26.7 Å². The molecule has 0 aliphatic rings. The number of hydrogen-bond donors (Lipinski definition) is 1. The van der Waals surface area contributed by atoms with Gasteiger partial charge in [-0.3, -0.25) is 4.79 Å². The number of rotatable bonds is 9. The smallest absolute Gasteiger partial charge is 0.323 e. The van der Waals surface area contributed by atoms with E-state index in [1.165, 1.54) is 6.07 Å². The Hall–Kier alpha value is -1.62. The molecule has 5 heteroatoms. The number of esters is 1. The fraction of sp³-hybridized carbons (Fsp3) is 0.562. The molecule has 0 fully saturated rings. The first-order valence-electron chi connectivity index (χ1n) is 7.45. The topological polar surface area (TPSA) is 41.6 Å². The van der Waals surface area contributed by atoms with Crippen molar-refractivity contribution in [2.45, 2.75) is 32.7 Å². The van der Waals surface area contributed by atoms with Crippen molar-refractivity contribution in [1.29, 1.82) is 0 Å². The summed E-state index contributed by atoms with van der Waals surface area (Å²) in [7, 11) is 1.82. The second kappa shape index (κ2) is 9.34. The van der Waals surface area contributed by atoms with Crippen LogP contribution in [0.25, 0.3) is 0 Å². The molecule has 4 nitrogen and oxygen atoms in total. The predicted molar refractivity (Wildman–Crippen MR) is 83.0 cm³/mol. The van der Waals surface area contributed by atoms with Crippen LogP contribution in [0.5, 0.6) is 0 Å². The van der Waals surface area contributed by atoms with Crippen LogP contribution in [0, 0.1) is 5.82 Å². The highest BCUT2D eigenvalue weighted by atomic mass is 19.1. The molecule has 0 aliphatic heterocycles. The number of nitrogens with zero attached hydrogens (tertiary/aromatic N) is 1. The Morgan fingerprint density at radius 3 is 2.71 bits per heavy atom. The SMILES string of the molecule is CCCNC(CCN(C)c1ccccc1F)C(=O)OCC. The Balaban J connectivity index is 2.59. The third-order valence-electron chi connectivity index (χ3n) is 3.23. The molecule has 1 N–H and O–H groups in total. The summed E-state index contributed by atoms with van der Waals surface area (Å²) in [5, 5.41) is 3.18. The van der Waals surface area contributed by atoms with E-state index < -0.39 is 0 Å². The highest BCUT2D eigenvalue weighted by molar-refractivity contribution is 5.75. The fourth-order valence-electron chi connectivity index (χ4n) is 2.07. The third kappa shape index (κ3) is 5.71. The maximum atomic E-state index is 13.7. The largest absolute Gasteiger partial charge is 0.465 e. The van der Waals surface area contributed by atoms with E-state index in [1.54, 1.807) is 25.1 Å². The first-order valence-corrected chi connectivity index (χ1v) is 7.45. The predicted octanol–water partition coefficient (Wildman–Crippen LogP) is 2.58. The quantitative estimate of drug-likeness (QED) is 0.711. The van der Waals surface area contributed by atoms with Gasteiger partial charge in [0.2, 0.25) is 0 Å². The van der Waals surface area contributed by atoms with Crippen molar-refractivity contribution < 1.29 is 13.9 Å². The maximum absolute atomic E-state index is 13.7. The standard InChI is InChI=1S/C16H25FN2O2/c1-4-11-18-14(16(20)21-5-2)10-12-19(3)15-9-7-6-8-13(15)17/h6-9,14,18H,4-5,10-12H2,1-3H3. The second-order valence-electron chi connectivity index (χ2n) is 4.92. The van der Waals surface area contributed by atoms with Crippen LogP contribution >= 0.6 is 0 Å². The van der Waals surface area contributed by atoms with Crippen LogP contribution in [-0.2, 0) is 9.53 Å². The van der Waals surface area contributed by atoms with E-state index >= 15 is 0 Å². The van der Waals surface area contributed by atoms with Gasteiger partial charge in [0.1, 0.15) is 11.9 Å². The van der Waals surface area contributed by atoms with Gasteiger partial charge in [-0.2, -0.15) is 0 Å². The molecule has 1 atom stereocenters. The monoisotopic (exact) mass is 296 g/mol. The summed E-state index contributed by atoms with van der Waals surface area (Å²) >= 11 is 0. The van der Waals surface area contributed by atoms with E-state index in [9.17, 15) is 9.18 Å². The van der Waals surface area contributed by atoms with E-state index in [0.29, 0.717) is 25.3 Å². The summed E-state index contributed by atoms with van der Waals surface area (Å²) in [5.41, 5.74) is 0.538. The Kier molecular flexibility index (Phi) is 7.75. The van der Waals surface area contributed by atoms with Crippen LogP contribution < -0.4 is 10.2 Å². The van der Waals surface area contributed by atoms with Crippen LogP contribution in [0.2, 0.25) is 0 Å². The minimum Gasteiger partial charge on any atom is -0.465 e. The lowest BCUT2D eigenvalue weighted by Crippen LogP contribution is -2.41. The van der Waals surface area contributed by atoms with Gasteiger partial charge in [-0.05, 0) is 38.4 Å². The summed E-state index contributed by atoms with van der Waals surface area (Å²) in [4.78, 5) is 13.7. The molecule has 1 rings (SSSR count). The van der Waals surface area contributed by atoms with Crippen LogP contribution in [0.3, 0.4) is 0 Å². The van der Waals surface area contributed by atoms with Gasteiger partial charge in [-0.25, -0.2) is 4.39 Å². The van der Waals surface area contributed by atoms with E-state index in [2.05, 4.69) is 5.32 Å². The lowest BCUT2D eigenvalue weighted by molar-refractivity contribution is -0.145. The third-order valence-corrected chi connectivity index (χ3v) is 3.23. The van der Waals surface area contributed by atoms with Crippen LogP contribution in [0.15, 0.2) is 24.3 Å². The second-order valence-corrected chi connectivity index (χ2v) is 4.92. The summed E-state index contributed by atoms with van der Waals surface area (Å²) in [5.74, 6) is -0.498. The highest BCUT2D eigenvalue weighted by Gasteiger charge is 2.19. The van der Waals surface area contributed by atoms with Gasteiger partial charge in [-0.15, -0.1) is 0 Å². The average molecular weight is 296 g/mol. The zero-order chi connectivity index (χ0) is 15.7. The lowest BCUT2D eigenvalue weighted by Gasteiger charge is -2.23. The van der Waals surface area contributed by atoms with Gasteiger partial charge in [0.25, 0.3) is 0 Å². The van der Waals surface area contributed by atoms with Gasteiger partial charge in [0.05, 0.1) is 12.3 Å². The molecule has 0 amide bonds. The Morgan fingerprint density at radius 1 is 1.38 bits per heavy atom. The Labute approximate surface area is 126 Å². The molecule has 0 saturated carbocycles. The normalized spacial score (nSPS) is 12.0. The molecule has 0 heterocycles. The lowest BCUT2D eigenvalue weighted by atomic mass is 10.2. The van der Waals surface area contributed by atoms with Gasteiger partial charge >= 0.3 is 5.97 Å². The summed E-state index contributed by atoms with van der Waals surface area (Å²) < 4.78 is 18.8. The van der Waals surface area contributed by atoms with Gasteiger partial charge in [0.15, 0.2) is 0 Å². The van der Waals surface area contributed by atoms with E-state index in [1.807, 2.05) is 18.9 Å². The number of halogens is 1. The van der Waals surface area contributed by atoms with E-state index in [-0.39, 0.29) is 17.8 Å². The van der Waals surface area contributed by atoms with Gasteiger partial charge in [-0.1, -0.05) is 19.1 Å². The summed E-state index contributed by atoms with van der Waals surface area (Å²) in [6.45, 7) is 5.53. The van der Waals surface area contributed by atoms with Crippen molar-refractivity contribution in [2.24, 2.45) is 0 Å². The Morgan fingerprint density at radius 2 is 2.10 bits per heavy atom. The molecule has 0 radical (unpaired) electrons. The fourth-order valence-corrected chi connectivity index (χ4v) is 2.07. The van der Waals surface area contributed by atoms with Crippen molar-refractivity contribution >= 4 is 11.7 Å². The molecule has 0 bridgehead atoms. The first kappa shape index (κ1) is 17.4. The molecule has 0 aromatic heterocycles. The number of anilines is 1. The highest BCUT2D eigenvalue weighted by Crippen LogP contribution is 2.17. The molecule has 0 saturated heterocycles. The van der Waals surface area contributed by atoms with Gasteiger partial charge < -0.3 is 15.0 Å². The summed E-state index contributed by atoms with van der Waals surface area (Å²) in [6, 6.07) is 6.28. The number of nitrogens with one attached hydrogen (secondary N) is 1. The zero-order valence-corrected chi connectivity index (χ0v) is 13.1. The van der Waals surface area contributed by atoms with Crippen molar-refractivity contribution in [3.8, 4) is 0 Å². The first-order chi connectivity index (χ1) is 10.1. The minimum atomic E-state index is -0.348. The maximum Gasteiger partial charge on any atom is 0.323 e. The number of carbonyl (C=O) groups excluding carboxylic acids is 1. The zero-order valence-electron chi connectivity index (χ0n) is 13.1. The average Bonchev–Trinajstić information content (AvgIpc) is 2.47. The molecule has 1 aromatic rings. The van der Waals surface area contributed by atoms with Gasteiger partial charge in [0, 0.05) is 13.6 Å². The molecular weight excluding hydrogens is 271 g/mol. The van der Waals surface area contributed by atoms with Crippen LogP contribution in [-0.4, -0.2) is 38.8 Å². The Bertz CT molecular complexity index is 440. The van der Waals surface area contributed by atoms with Crippen molar-refractivity contribution in [3.63, 3.8) is 0 Å². The van der Waals surface area contributed by atoms with E-state index in [0.717, 1.165) is 13.0 Å². The molecule has 0 aliphatic carbocycles. The number of ether oxygens (including phenoxy) is 1. The summed E-state index contributed by atoms with van der Waals surface area (Å²) in [6.07, 6.45) is 1.52. The molecule has 0 spiro atoms. The molecule has 1 aromatic carbocycles. The van der Waals surface area contributed by atoms with Crippen molar-refractivity contribution in [1.82, 2.24) is 5.32 Å². The van der Waals surface area contributed by atoms with E-state index in [4.69, 9.17) is 4.74 Å². The molecular formula is C16H25FN2O2. The van der Waals surface area contributed by atoms with Crippen molar-refractivity contribution in [3.05, 3.63) is 30.1 Å².